The van der Waals surface area contributed by atoms with Gasteiger partial charge in [-0.3, -0.25) is 13.9 Å². The lowest BCUT2D eigenvalue weighted by Gasteiger charge is -2.26. The zero-order valence-corrected chi connectivity index (χ0v) is 26.3. The number of amides is 2. The molecule has 0 fully saturated rings. The van der Waals surface area contributed by atoms with Crippen LogP contribution in [0.3, 0.4) is 0 Å². The fraction of sp³-hybridized carbons (Fsp3) is 0.281. The Kier molecular flexibility index (Phi) is 10.1. The summed E-state index contributed by atoms with van der Waals surface area (Å²) in [5.41, 5.74) is 4.01. The van der Waals surface area contributed by atoms with Gasteiger partial charge in [0.25, 0.3) is 5.91 Å². The number of nitrogens with one attached hydrogen (secondary N) is 2. The number of likely N-dealkylation sites (N-methyl/N-ethyl adjacent to an activating group) is 1. The molecule has 2 amide bonds. The number of ether oxygens (including phenoxy) is 1. The molecule has 0 aliphatic carbocycles. The van der Waals surface area contributed by atoms with Gasteiger partial charge in [-0.1, -0.05) is 36.4 Å². The van der Waals surface area contributed by atoms with Crippen LogP contribution in [0.1, 0.15) is 27.9 Å². The van der Waals surface area contributed by atoms with Crippen molar-refractivity contribution in [2.75, 3.05) is 69.1 Å². The highest BCUT2D eigenvalue weighted by molar-refractivity contribution is 7.92. The minimum Gasteiger partial charge on any atom is -0.465 e. The average molecular weight is 620 g/mol. The minimum absolute atomic E-state index is 0.109. The van der Waals surface area contributed by atoms with Gasteiger partial charge in [-0.2, -0.15) is 0 Å². The number of fused-ring (bicyclic) bond motifs is 1. The van der Waals surface area contributed by atoms with E-state index in [1.807, 2.05) is 49.3 Å². The number of carbonyl (C=O) groups excluding carboxylic acids is 3. The lowest BCUT2D eigenvalue weighted by Crippen LogP contribution is -2.41. The van der Waals surface area contributed by atoms with E-state index in [9.17, 15) is 22.8 Å². The highest BCUT2D eigenvalue weighted by Crippen LogP contribution is 2.38. The van der Waals surface area contributed by atoms with E-state index < -0.39 is 16.0 Å². The molecule has 2 N–H and O–H groups in total. The first-order valence-corrected chi connectivity index (χ1v) is 15.6. The van der Waals surface area contributed by atoms with E-state index in [-0.39, 0.29) is 24.1 Å². The van der Waals surface area contributed by atoms with E-state index in [2.05, 4.69) is 10.6 Å². The molecule has 0 spiro atoms. The number of esters is 1. The number of sulfonamides is 1. The largest absolute Gasteiger partial charge is 0.465 e. The molecule has 4 rings (SSSR count). The van der Waals surface area contributed by atoms with Crippen LogP contribution in [0.5, 0.6) is 0 Å². The van der Waals surface area contributed by atoms with Crippen molar-refractivity contribution in [1.29, 1.82) is 0 Å². The molecule has 0 saturated carbocycles. The molecule has 11 nitrogen and oxygen atoms in total. The van der Waals surface area contributed by atoms with Crippen molar-refractivity contribution in [2.24, 2.45) is 0 Å². The van der Waals surface area contributed by atoms with Gasteiger partial charge in [-0.25, -0.2) is 13.2 Å². The fourth-order valence-electron chi connectivity index (χ4n) is 4.69. The van der Waals surface area contributed by atoms with E-state index >= 15 is 0 Å². The minimum atomic E-state index is -3.80. The first-order valence-electron chi connectivity index (χ1n) is 14.0. The summed E-state index contributed by atoms with van der Waals surface area (Å²) in [7, 11) is 4.40. The standard InChI is InChI=1S/C32H37N5O6S/c1-35(2)18-9-19-44(41,42)37(21-28(38)36(3)4)25-15-13-24(14-16-25)33-30(22-10-7-6-8-11-22)29-26-17-12-23(32(40)43-5)20-27(26)34-31(29)39/h6-8,10-17,20,33H,9,18-19,21H2,1-5H3,(H,34,39). The van der Waals surface area contributed by atoms with Gasteiger partial charge >= 0.3 is 5.97 Å². The van der Waals surface area contributed by atoms with Crippen molar-refractivity contribution in [1.82, 2.24) is 9.80 Å². The van der Waals surface area contributed by atoms with Crippen LogP contribution in [0.25, 0.3) is 11.3 Å². The van der Waals surface area contributed by atoms with E-state index in [1.54, 1.807) is 56.6 Å². The topological polar surface area (TPSA) is 128 Å². The fourth-order valence-corrected chi connectivity index (χ4v) is 6.16. The number of hydrogen-bond acceptors (Lipinski definition) is 8. The summed E-state index contributed by atoms with van der Waals surface area (Å²) in [6.45, 7) is 0.267. The van der Waals surface area contributed by atoms with Gasteiger partial charge in [-0.15, -0.1) is 0 Å². The summed E-state index contributed by atoms with van der Waals surface area (Å²) >= 11 is 0. The second kappa shape index (κ2) is 13.7. The monoisotopic (exact) mass is 619 g/mol. The first-order chi connectivity index (χ1) is 20.9. The summed E-state index contributed by atoms with van der Waals surface area (Å²) in [6.07, 6.45) is 0.417. The number of carbonyl (C=O) groups is 3. The third-order valence-corrected chi connectivity index (χ3v) is 8.86. The van der Waals surface area contributed by atoms with Crippen molar-refractivity contribution in [2.45, 2.75) is 6.42 Å². The number of benzene rings is 3. The quantitative estimate of drug-likeness (QED) is 0.233. The van der Waals surface area contributed by atoms with E-state index in [0.29, 0.717) is 52.4 Å². The third kappa shape index (κ3) is 7.44. The number of rotatable bonds is 12. The van der Waals surface area contributed by atoms with Crippen LogP contribution in [0.15, 0.2) is 72.8 Å². The lowest BCUT2D eigenvalue weighted by atomic mass is 9.99. The van der Waals surface area contributed by atoms with Crippen LogP contribution >= 0.6 is 0 Å². The zero-order valence-electron chi connectivity index (χ0n) is 25.5. The average Bonchev–Trinajstić information content (AvgIpc) is 3.33. The zero-order chi connectivity index (χ0) is 32.0. The second-order valence-corrected chi connectivity index (χ2v) is 12.8. The Labute approximate surface area is 258 Å². The molecule has 0 aromatic heterocycles. The van der Waals surface area contributed by atoms with Crippen LogP contribution < -0.4 is 14.9 Å². The van der Waals surface area contributed by atoms with Gasteiger partial charge in [-0.05, 0) is 69.0 Å². The summed E-state index contributed by atoms with van der Waals surface area (Å²) < 4.78 is 32.7. The highest BCUT2D eigenvalue weighted by atomic mass is 32.2. The Bertz CT molecular complexity index is 1670. The molecule has 3 aromatic carbocycles. The number of nitrogens with zero attached hydrogens (tertiary/aromatic N) is 3. The molecule has 1 heterocycles. The van der Waals surface area contributed by atoms with Crippen molar-refractivity contribution < 1.29 is 27.5 Å². The van der Waals surface area contributed by atoms with Crippen LogP contribution in [0, 0.1) is 0 Å². The Morgan fingerprint density at radius 3 is 2.20 bits per heavy atom. The normalized spacial score (nSPS) is 13.6. The summed E-state index contributed by atoms with van der Waals surface area (Å²) in [6, 6.07) is 20.9. The molecule has 232 valence electrons. The second-order valence-electron chi connectivity index (χ2n) is 10.8. The Hall–Kier alpha value is -4.68. The van der Waals surface area contributed by atoms with Gasteiger partial charge in [0.2, 0.25) is 15.9 Å². The SMILES string of the molecule is COC(=O)c1ccc2c(c1)NC(=O)C2=C(Nc1ccc(N(CC(=O)N(C)C)S(=O)(=O)CCCN(C)C)cc1)c1ccccc1. The number of anilines is 3. The maximum Gasteiger partial charge on any atom is 0.337 e. The Morgan fingerprint density at radius 1 is 0.909 bits per heavy atom. The summed E-state index contributed by atoms with van der Waals surface area (Å²) in [4.78, 5) is 41.2. The van der Waals surface area contributed by atoms with Crippen LogP contribution in [0.2, 0.25) is 0 Å². The molecule has 12 heteroatoms. The van der Waals surface area contributed by atoms with Gasteiger partial charge in [0.15, 0.2) is 0 Å². The molecule has 44 heavy (non-hydrogen) atoms. The molecule has 3 aromatic rings. The molecule has 1 aliphatic heterocycles. The van der Waals surface area contributed by atoms with Crippen molar-refractivity contribution in [3.63, 3.8) is 0 Å². The van der Waals surface area contributed by atoms with E-state index in [4.69, 9.17) is 4.74 Å². The summed E-state index contributed by atoms with van der Waals surface area (Å²) in [5.74, 6) is -1.31. The predicted octanol–water partition coefficient (Wildman–Crippen LogP) is 3.58. The smallest absolute Gasteiger partial charge is 0.337 e. The maximum absolute atomic E-state index is 13.4. The Balaban J connectivity index is 1.71. The van der Waals surface area contributed by atoms with Gasteiger partial charge in [0.05, 0.1) is 41.1 Å². The summed E-state index contributed by atoms with van der Waals surface area (Å²) in [5, 5.41) is 6.18. The van der Waals surface area contributed by atoms with Crippen molar-refractivity contribution in [3.8, 4) is 0 Å². The Morgan fingerprint density at radius 2 is 1.59 bits per heavy atom. The van der Waals surface area contributed by atoms with Gasteiger partial charge in [0, 0.05) is 25.3 Å². The molecule has 0 radical (unpaired) electrons. The predicted molar refractivity (Wildman–Crippen MR) is 173 cm³/mol. The van der Waals surface area contributed by atoms with Crippen molar-refractivity contribution in [3.05, 3.63) is 89.5 Å². The molecule has 0 bridgehead atoms. The van der Waals surface area contributed by atoms with Crippen molar-refractivity contribution >= 4 is 56.1 Å². The maximum atomic E-state index is 13.4. The number of methoxy groups -OCH3 is 1. The lowest BCUT2D eigenvalue weighted by molar-refractivity contribution is -0.127. The van der Waals surface area contributed by atoms with Gasteiger partial charge in [0.1, 0.15) is 6.54 Å². The highest BCUT2D eigenvalue weighted by Gasteiger charge is 2.30. The molecule has 0 unspecified atom stereocenters. The molecular formula is C32H37N5O6S. The molecular weight excluding hydrogens is 582 g/mol. The van der Waals surface area contributed by atoms with E-state index in [1.165, 1.54) is 12.0 Å². The molecule has 1 aliphatic rings. The molecule has 0 atom stereocenters. The third-order valence-electron chi connectivity index (χ3n) is 7.04. The van der Waals surface area contributed by atoms with Crippen LogP contribution in [-0.2, 0) is 24.3 Å². The van der Waals surface area contributed by atoms with Gasteiger partial charge < -0.3 is 25.2 Å². The van der Waals surface area contributed by atoms with Crippen LogP contribution in [0.4, 0.5) is 17.1 Å². The molecule has 0 saturated heterocycles. The van der Waals surface area contributed by atoms with E-state index in [0.717, 1.165) is 9.87 Å². The first kappa shape index (κ1) is 32.2. The number of hydrogen-bond donors (Lipinski definition) is 2. The van der Waals surface area contributed by atoms with Crippen LogP contribution in [-0.4, -0.2) is 90.1 Å².